The van der Waals surface area contributed by atoms with Gasteiger partial charge in [0.05, 0.1) is 0 Å². The monoisotopic (exact) mass is 257 g/mol. The van der Waals surface area contributed by atoms with Gasteiger partial charge in [-0.05, 0) is 31.8 Å². The normalized spacial score (nSPS) is 20.3. The summed E-state index contributed by atoms with van der Waals surface area (Å²) < 4.78 is 0. The van der Waals surface area contributed by atoms with Crippen molar-refractivity contribution in [1.82, 2.24) is 10.6 Å². The number of rotatable bonds is 7. The van der Waals surface area contributed by atoms with E-state index in [0.29, 0.717) is 6.42 Å². The third-order valence-electron chi connectivity index (χ3n) is 2.95. The Hall–Kier alpha value is -1.63. The number of carboxylic acids is 1. The van der Waals surface area contributed by atoms with E-state index in [4.69, 9.17) is 10.8 Å². The Balaban J connectivity index is 2.36. The highest BCUT2D eigenvalue weighted by molar-refractivity contribution is 5.84. The highest BCUT2D eigenvalue weighted by atomic mass is 16.4. The molecule has 1 unspecified atom stereocenters. The number of amides is 2. The Bertz CT molecular complexity index is 326. The predicted octanol–water partition coefficient (Wildman–Crippen LogP) is -1.18. The quantitative estimate of drug-likeness (QED) is 0.457. The zero-order valence-corrected chi connectivity index (χ0v) is 10.1. The lowest BCUT2D eigenvalue weighted by Gasteiger charge is -2.15. The van der Waals surface area contributed by atoms with Gasteiger partial charge < -0.3 is 21.5 Å². The van der Waals surface area contributed by atoms with Crippen molar-refractivity contribution in [3.8, 4) is 0 Å². The molecule has 7 nitrogen and oxygen atoms in total. The van der Waals surface area contributed by atoms with Crippen LogP contribution in [0, 0.1) is 5.92 Å². The molecule has 2 amide bonds. The summed E-state index contributed by atoms with van der Waals surface area (Å²) in [5.41, 5.74) is 4.95. The molecule has 0 aromatic heterocycles. The number of nitrogens with two attached hydrogens (primary N) is 1. The fourth-order valence-electron chi connectivity index (χ4n) is 1.95. The largest absolute Gasteiger partial charge is 0.480 e. The number of carbonyl (C=O) groups excluding carboxylic acids is 2. The lowest BCUT2D eigenvalue weighted by Crippen LogP contribution is -2.42. The summed E-state index contributed by atoms with van der Waals surface area (Å²) in [5.74, 6) is -1.75. The minimum Gasteiger partial charge on any atom is -0.480 e. The number of carbonyl (C=O) groups is 3. The van der Waals surface area contributed by atoms with Crippen molar-refractivity contribution in [3.05, 3.63) is 0 Å². The van der Waals surface area contributed by atoms with Crippen LogP contribution in [0.5, 0.6) is 0 Å². The van der Waals surface area contributed by atoms with Crippen molar-refractivity contribution in [2.75, 3.05) is 13.1 Å². The second-order valence-electron chi connectivity index (χ2n) is 4.53. The van der Waals surface area contributed by atoms with Crippen LogP contribution in [0.25, 0.3) is 0 Å². The number of hydrogen-bond acceptors (Lipinski definition) is 4. The maximum atomic E-state index is 11.6. The van der Waals surface area contributed by atoms with E-state index in [-0.39, 0.29) is 24.7 Å². The van der Waals surface area contributed by atoms with Crippen LogP contribution in [0.3, 0.4) is 0 Å². The van der Waals surface area contributed by atoms with Gasteiger partial charge >= 0.3 is 5.97 Å². The molecule has 1 fully saturated rings. The molecule has 0 saturated carbocycles. The molecule has 0 bridgehead atoms. The SMILES string of the molecule is NC(=O)CC[C@H](NC(=O)CC1CCNC1)C(=O)O. The van der Waals surface area contributed by atoms with Gasteiger partial charge in [0.25, 0.3) is 0 Å². The van der Waals surface area contributed by atoms with Gasteiger partial charge in [0, 0.05) is 12.8 Å². The van der Waals surface area contributed by atoms with E-state index in [1.54, 1.807) is 0 Å². The molecule has 0 aromatic rings. The van der Waals surface area contributed by atoms with Gasteiger partial charge in [-0.1, -0.05) is 0 Å². The molecule has 18 heavy (non-hydrogen) atoms. The maximum Gasteiger partial charge on any atom is 0.326 e. The van der Waals surface area contributed by atoms with Crippen LogP contribution in [0.1, 0.15) is 25.7 Å². The molecule has 0 radical (unpaired) electrons. The highest BCUT2D eigenvalue weighted by Gasteiger charge is 2.23. The summed E-state index contributed by atoms with van der Waals surface area (Å²) >= 11 is 0. The van der Waals surface area contributed by atoms with Crippen molar-refractivity contribution < 1.29 is 19.5 Å². The smallest absolute Gasteiger partial charge is 0.326 e. The molecular formula is C11H19N3O4. The van der Waals surface area contributed by atoms with Crippen LogP contribution in [-0.4, -0.2) is 42.0 Å². The third-order valence-corrected chi connectivity index (χ3v) is 2.95. The number of hydrogen-bond donors (Lipinski definition) is 4. The molecule has 2 atom stereocenters. The van der Waals surface area contributed by atoms with Crippen LogP contribution in [-0.2, 0) is 14.4 Å². The molecule has 1 saturated heterocycles. The summed E-state index contributed by atoms with van der Waals surface area (Å²) in [4.78, 5) is 33.1. The van der Waals surface area contributed by atoms with Crippen molar-refractivity contribution in [3.63, 3.8) is 0 Å². The topological polar surface area (TPSA) is 122 Å². The van der Waals surface area contributed by atoms with E-state index in [1.165, 1.54) is 0 Å². The lowest BCUT2D eigenvalue weighted by molar-refractivity contribution is -0.142. The minimum atomic E-state index is -1.14. The summed E-state index contributed by atoms with van der Waals surface area (Å²) in [6, 6.07) is -1.04. The molecule has 1 aliphatic heterocycles. The maximum absolute atomic E-state index is 11.6. The van der Waals surface area contributed by atoms with E-state index in [2.05, 4.69) is 10.6 Å². The van der Waals surface area contributed by atoms with Crippen LogP contribution >= 0.6 is 0 Å². The molecular weight excluding hydrogens is 238 g/mol. The second-order valence-corrected chi connectivity index (χ2v) is 4.53. The molecule has 1 rings (SSSR count). The predicted molar refractivity (Wildman–Crippen MR) is 63.6 cm³/mol. The third kappa shape index (κ3) is 5.13. The van der Waals surface area contributed by atoms with Gasteiger partial charge in [-0.3, -0.25) is 9.59 Å². The average Bonchev–Trinajstić information content (AvgIpc) is 2.76. The molecule has 7 heteroatoms. The van der Waals surface area contributed by atoms with Gasteiger partial charge in [0.2, 0.25) is 11.8 Å². The molecule has 0 aromatic carbocycles. The molecule has 5 N–H and O–H groups in total. The Morgan fingerprint density at radius 3 is 2.67 bits per heavy atom. The Kier molecular flexibility index (Phi) is 5.57. The Morgan fingerprint density at radius 1 is 1.44 bits per heavy atom. The van der Waals surface area contributed by atoms with Gasteiger partial charge in [0.1, 0.15) is 6.04 Å². The van der Waals surface area contributed by atoms with E-state index in [9.17, 15) is 14.4 Å². The first-order valence-electron chi connectivity index (χ1n) is 6.00. The van der Waals surface area contributed by atoms with Crippen molar-refractivity contribution in [1.29, 1.82) is 0 Å². The molecule has 1 heterocycles. The van der Waals surface area contributed by atoms with E-state index in [0.717, 1.165) is 19.5 Å². The van der Waals surface area contributed by atoms with E-state index >= 15 is 0 Å². The summed E-state index contributed by atoms with van der Waals surface area (Å²) in [6.07, 6.45) is 1.21. The van der Waals surface area contributed by atoms with Crippen LogP contribution in [0.2, 0.25) is 0 Å². The first kappa shape index (κ1) is 14.4. The van der Waals surface area contributed by atoms with Gasteiger partial charge in [-0.25, -0.2) is 4.79 Å². The first-order chi connectivity index (χ1) is 8.49. The number of carboxylic acid groups (broad SMARTS) is 1. The van der Waals surface area contributed by atoms with Crippen molar-refractivity contribution >= 4 is 17.8 Å². The van der Waals surface area contributed by atoms with Crippen molar-refractivity contribution in [2.24, 2.45) is 11.7 Å². The molecule has 0 spiro atoms. The van der Waals surface area contributed by atoms with E-state index in [1.807, 2.05) is 0 Å². The van der Waals surface area contributed by atoms with Crippen LogP contribution in [0.4, 0.5) is 0 Å². The Morgan fingerprint density at radius 2 is 2.17 bits per heavy atom. The standard InChI is InChI=1S/C11H19N3O4/c12-9(15)2-1-8(11(17)18)14-10(16)5-7-3-4-13-6-7/h7-8,13H,1-6H2,(H2,12,15)(H,14,16)(H,17,18)/t7?,8-/m0/s1. The van der Waals surface area contributed by atoms with Crippen LogP contribution < -0.4 is 16.4 Å². The number of primary amides is 1. The fraction of sp³-hybridized carbons (Fsp3) is 0.727. The Labute approximate surface area is 105 Å². The minimum absolute atomic E-state index is 0.0271. The lowest BCUT2D eigenvalue weighted by atomic mass is 10.0. The zero-order chi connectivity index (χ0) is 13.5. The summed E-state index contributed by atoms with van der Waals surface area (Å²) in [7, 11) is 0. The number of nitrogens with one attached hydrogen (secondary N) is 2. The zero-order valence-electron chi connectivity index (χ0n) is 10.1. The number of aliphatic carboxylic acids is 1. The fourth-order valence-corrected chi connectivity index (χ4v) is 1.95. The molecule has 1 aliphatic rings. The van der Waals surface area contributed by atoms with Crippen LogP contribution in [0.15, 0.2) is 0 Å². The summed E-state index contributed by atoms with van der Waals surface area (Å²) in [5, 5.41) is 14.5. The van der Waals surface area contributed by atoms with Crippen molar-refractivity contribution in [2.45, 2.75) is 31.7 Å². The molecule has 102 valence electrons. The van der Waals surface area contributed by atoms with Gasteiger partial charge in [-0.15, -0.1) is 0 Å². The summed E-state index contributed by atoms with van der Waals surface area (Å²) in [6.45, 7) is 1.68. The van der Waals surface area contributed by atoms with Gasteiger partial charge in [-0.2, -0.15) is 0 Å². The van der Waals surface area contributed by atoms with E-state index < -0.39 is 17.9 Å². The average molecular weight is 257 g/mol. The molecule has 0 aliphatic carbocycles. The first-order valence-corrected chi connectivity index (χ1v) is 6.00. The van der Waals surface area contributed by atoms with Gasteiger partial charge in [0.15, 0.2) is 0 Å². The highest BCUT2D eigenvalue weighted by Crippen LogP contribution is 2.12. The second kappa shape index (κ2) is 6.95.